The van der Waals surface area contributed by atoms with Gasteiger partial charge in [0.25, 0.3) is 0 Å². The zero-order valence-electron chi connectivity index (χ0n) is 15.0. The zero-order chi connectivity index (χ0) is 18.8. The number of ether oxygens (including phenoxy) is 1. The van der Waals surface area contributed by atoms with E-state index in [2.05, 4.69) is 4.74 Å². The minimum Gasteiger partial charge on any atom is -0.435 e. The van der Waals surface area contributed by atoms with Crippen molar-refractivity contribution in [3.05, 3.63) is 65.7 Å². The third kappa shape index (κ3) is 8.37. The van der Waals surface area contributed by atoms with E-state index in [4.69, 9.17) is 5.73 Å². The van der Waals surface area contributed by atoms with Crippen molar-refractivity contribution >= 4 is 18.3 Å². The van der Waals surface area contributed by atoms with Gasteiger partial charge in [-0.05, 0) is 42.6 Å². The lowest BCUT2D eigenvalue weighted by atomic mass is 10.1. The lowest BCUT2D eigenvalue weighted by molar-refractivity contribution is -0.131. The third-order valence-electron chi connectivity index (χ3n) is 3.98. The Hall–Kier alpha value is -2.18. The number of aryl methyl sites for hydroxylation is 1. The van der Waals surface area contributed by atoms with Crippen molar-refractivity contribution in [2.24, 2.45) is 5.73 Å². The predicted octanol–water partition coefficient (Wildman–Crippen LogP) is 4.02. The Morgan fingerprint density at radius 3 is 2.30 bits per heavy atom. The molecule has 0 aliphatic rings. The standard InChI is InChI=1S/C20H24F2N2O2.ClH/c21-20(22)26-18-10-7-16(8-11-18)9-12-19(25)24(14-4-13-23)15-17-5-2-1-3-6-17;/h1-3,5-8,10-11,20H,4,9,12-15,23H2;1H. The van der Waals surface area contributed by atoms with Crippen molar-refractivity contribution in [3.63, 3.8) is 0 Å². The van der Waals surface area contributed by atoms with Crippen LogP contribution >= 0.6 is 12.4 Å². The monoisotopic (exact) mass is 398 g/mol. The number of hydrogen-bond acceptors (Lipinski definition) is 3. The van der Waals surface area contributed by atoms with Gasteiger partial charge in [0, 0.05) is 19.5 Å². The van der Waals surface area contributed by atoms with Crippen LogP contribution in [0.3, 0.4) is 0 Å². The minimum absolute atomic E-state index is 0. The highest BCUT2D eigenvalue weighted by Gasteiger charge is 2.14. The SMILES string of the molecule is Cl.NCCCN(Cc1ccccc1)C(=O)CCc1ccc(OC(F)F)cc1. The van der Waals surface area contributed by atoms with Crippen LogP contribution in [-0.2, 0) is 17.8 Å². The first-order chi connectivity index (χ1) is 12.6. The van der Waals surface area contributed by atoms with E-state index in [-0.39, 0.29) is 24.1 Å². The summed E-state index contributed by atoms with van der Waals surface area (Å²) in [5.74, 6) is 0.166. The van der Waals surface area contributed by atoms with Crippen molar-refractivity contribution in [3.8, 4) is 5.75 Å². The molecule has 4 nitrogen and oxygen atoms in total. The Morgan fingerprint density at radius 2 is 1.70 bits per heavy atom. The van der Waals surface area contributed by atoms with Crippen LogP contribution in [0.15, 0.2) is 54.6 Å². The molecule has 148 valence electrons. The molecule has 0 aliphatic carbocycles. The van der Waals surface area contributed by atoms with Gasteiger partial charge < -0.3 is 15.4 Å². The van der Waals surface area contributed by atoms with Crippen LogP contribution in [0.5, 0.6) is 5.75 Å². The van der Waals surface area contributed by atoms with Crippen LogP contribution in [0.25, 0.3) is 0 Å². The fourth-order valence-electron chi connectivity index (χ4n) is 2.62. The zero-order valence-corrected chi connectivity index (χ0v) is 15.8. The minimum atomic E-state index is -2.84. The first kappa shape index (κ1) is 22.9. The van der Waals surface area contributed by atoms with Crippen molar-refractivity contribution in [2.45, 2.75) is 32.4 Å². The van der Waals surface area contributed by atoms with E-state index in [0.717, 1.165) is 17.5 Å². The molecule has 1 amide bonds. The van der Waals surface area contributed by atoms with Gasteiger partial charge in [0.2, 0.25) is 5.91 Å². The van der Waals surface area contributed by atoms with Gasteiger partial charge in [-0.2, -0.15) is 8.78 Å². The summed E-state index contributed by atoms with van der Waals surface area (Å²) < 4.78 is 28.6. The normalized spacial score (nSPS) is 10.4. The number of nitrogens with two attached hydrogens (primary N) is 1. The Bertz CT molecular complexity index is 669. The van der Waals surface area contributed by atoms with Crippen LogP contribution in [0, 0.1) is 0 Å². The number of carbonyl (C=O) groups is 1. The second-order valence-corrected chi connectivity index (χ2v) is 5.97. The number of benzene rings is 2. The first-order valence-corrected chi connectivity index (χ1v) is 8.64. The van der Waals surface area contributed by atoms with Crippen molar-refractivity contribution in [1.82, 2.24) is 4.90 Å². The highest BCUT2D eigenvalue weighted by molar-refractivity contribution is 5.85. The van der Waals surface area contributed by atoms with Gasteiger partial charge in [0.15, 0.2) is 0 Å². The molecule has 0 radical (unpaired) electrons. The van der Waals surface area contributed by atoms with E-state index in [9.17, 15) is 13.6 Å². The lowest BCUT2D eigenvalue weighted by Crippen LogP contribution is -2.32. The van der Waals surface area contributed by atoms with Crippen molar-refractivity contribution in [2.75, 3.05) is 13.1 Å². The Balaban J connectivity index is 0.00000364. The number of amides is 1. The Kier molecular flexibility index (Phi) is 10.4. The van der Waals surface area contributed by atoms with Gasteiger partial charge in [-0.3, -0.25) is 4.79 Å². The van der Waals surface area contributed by atoms with Gasteiger partial charge in [0.05, 0.1) is 0 Å². The maximum atomic E-state index is 12.6. The summed E-state index contributed by atoms with van der Waals surface area (Å²) in [5.41, 5.74) is 7.56. The van der Waals surface area contributed by atoms with E-state index in [1.165, 1.54) is 12.1 Å². The number of alkyl halides is 2. The molecule has 27 heavy (non-hydrogen) atoms. The van der Waals surface area contributed by atoms with E-state index in [1.807, 2.05) is 35.2 Å². The number of halogens is 3. The highest BCUT2D eigenvalue weighted by Crippen LogP contribution is 2.16. The molecule has 0 atom stereocenters. The number of hydrogen-bond donors (Lipinski definition) is 1. The lowest BCUT2D eigenvalue weighted by Gasteiger charge is -2.23. The van der Waals surface area contributed by atoms with Gasteiger partial charge in [-0.15, -0.1) is 12.4 Å². The highest BCUT2D eigenvalue weighted by atomic mass is 35.5. The molecule has 0 spiro atoms. The molecular weight excluding hydrogens is 374 g/mol. The molecule has 0 saturated heterocycles. The van der Waals surface area contributed by atoms with Gasteiger partial charge in [0.1, 0.15) is 5.75 Å². The number of rotatable bonds is 10. The summed E-state index contributed by atoms with van der Waals surface area (Å²) in [5, 5.41) is 0. The molecule has 0 aromatic heterocycles. The quantitative estimate of drug-likeness (QED) is 0.657. The molecule has 0 bridgehead atoms. The summed E-state index contributed by atoms with van der Waals surface area (Å²) in [4.78, 5) is 14.4. The third-order valence-corrected chi connectivity index (χ3v) is 3.98. The Morgan fingerprint density at radius 1 is 1.04 bits per heavy atom. The van der Waals surface area contributed by atoms with E-state index >= 15 is 0 Å². The fraction of sp³-hybridized carbons (Fsp3) is 0.350. The summed E-state index contributed by atoms with van der Waals surface area (Å²) in [6, 6.07) is 16.2. The van der Waals surface area contributed by atoms with Crippen LogP contribution in [0.4, 0.5) is 8.78 Å². The molecule has 2 aromatic rings. The molecule has 7 heteroatoms. The Labute approximate surface area is 164 Å². The second-order valence-electron chi connectivity index (χ2n) is 5.97. The fourth-order valence-corrected chi connectivity index (χ4v) is 2.62. The van der Waals surface area contributed by atoms with E-state index in [0.29, 0.717) is 32.5 Å². The average molecular weight is 399 g/mol. The first-order valence-electron chi connectivity index (χ1n) is 8.64. The smallest absolute Gasteiger partial charge is 0.387 e. The van der Waals surface area contributed by atoms with E-state index < -0.39 is 6.61 Å². The van der Waals surface area contributed by atoms with Gasteiger partial charge >= 0.3 is 6.61 Å². The summed E-state index contributed by atoms with van der Waals surface area (Å²) in [6.45, 7) is -1.13. The molecular formula is C20H25ClF2N2O2. The van der Waals surface area contributed by atoms with Gasteiger partial charge in [-0.25, -0.2) is 0 Å². The number of nitrogens with zero attached hydrogens (tertiary/aromatic N) is 1. The van der Waals surface area contributed by atoms with Crippen molar-refractivity contribution in [1.29, 1.82) is 0 Å². The molecule has 0 fully saturated rings. The number of carbonyl (C=O) groups excluding carboxylic acids is 1. The maximum Gasteiger partial charge on any atom is 0.387 e. The van der Waals surface area contributed by atoms with Crippen LogP contribution < -0.4 is 10.5 Å². The maximum absolute atomic E-state index is 12.6. The van der Waals surface area contributed by atoms with Crippen LogP contribution in [0.2, 0.25) is 0 Å². The largest absolute Gasteiger partial charge is 0.435 e. The molecule has 2 aromatic carbocycles. The van der Waals surface area contributed by atoms with Crippen molar-refractivity contribution < 1.29 is 18.3 Å². The molecule has 0 heterocycles. The summed E-state index contributed by atoms with van der Waals surface area (Å²) in [6.07, 6.45) is 1.65. The molecule has 2 N–H and O–H groups in total. The molecule has 0 aliphatic heterocycles. The molecule has 2 rings (SSSR count). The predicted molar refractivity (Wildman–Crippen MR) is 104 cm³/mol. The average Bonchev–Trinajstić information content (AvgIpc) is 2.64. The molecule has 0 saturated carbocycles. The summed E-state index contributed by atoms with van der Waals surface area (Å²) in [7, 11) is 0. The van der Waals surface area contributed by atoms with E-state index in [1.54, 1.807) is 12.1 Å². The van der Waals surface area contributed by atoms with Gasteiger partial charge in [-0.1, -0.05) is 42.5 Å². The van der Waals surface area contributed by atoms with Crippen LogP contribution in [0.1, 0.15) is 24.0 Å². The second kappa shape index (κ2) is 12.3. The topological polar surface area (TPSA) is 55.6 Å². The molecule has 0 unspecified atom stereocenters. The van der Waals surface area contributed by atoms with Crippen LogP contribution in [-0.4, -0.2) is 30.5 Å². The summed E-state index contributed by atoms with van der Waals surface area (Å²) >= 11 is 0.